The Morgan fingerprint density at radius 1 is 1.32 bits per heavy atom. The third kappa shape index (κ3) is 4.55. The van der Waals surface area contributed by atoms with Crippen LogP contribution in [0.1, 0.15) is 12.6 Å². The molecule has 0 aromatic carbocycles. The second-order valence-corrected chi connectivity index (χ2v) is 9.19. The normalized spacial score (nSPS) is 18.2. The zero-order valence-electron chi connectivity index (χ0n) is 15.1. The van der Waals surface area contributed by atoms with Gasteiger partial charge < -0.3 is 9.64 Å². The molecule has 3 rings (SSSR count). The summed E-state index contributed by atoms with van der Waals surface area (Å²) in [4.78, 5) is 11.2. The standard InChI is InChI=1S/C18H24N4O2S/c1-13-9-15(5-6-19-13)17-10-16(22-7-8-24-12-14(22)2)11-18(20-17)21-25(3,4)23/h5-6,9-11,14H,7-8,12H2,1-4H3/t14-/m1/s1. The molecule has 2 aromatic heterocycles. The second-order valence-electron chi connectivity index (χ2n) is 6.64. The van der Waals surface area contributed by atoms with Crippen LogP contribution in [0.5, 0.6) is 0 Å². The van der Waals surface area contributed by atoms with Crippen LogP contribution in [0.4, 0.5) is 11.5 Å². The Morgan fingerprint density at radius 3 is 2.80 bits per heavy atom. The number of nitrogens with zero attached hydrogens (tertiary/aromatic N) is 4. The molecule has 0 spiro atoms. The van der Waals surface area contributed by atoms with Crippen molar-refractivity contribution in [3.8, 4) is 11.3 Å². The third-order valence-corrected chi connectivity index (χ3v) is 4.63. The number of rotatable bonds is 3. The molecule has 0 amide bonds. The molecule has 0 bridgehead atoms. The maximum Gasteiger partial charge on any atom is 0.164 e. The van der Waals surface area contributed by atoms with Crippen molar-refractivity contribution in [2.45, 2.75) is 19.9 Å². The zero-order valence-corrected chi connectivity index (χ0v) is 15.9. The minimum absolute atomic E-state index is 0.267. The molecule has 0 radical (unpaired) electrons. The monoisotopic (exact) mass is 360 g/mol. The predicted octanol–water partition coefficient (Wildman–Crippen LogP) is 3.04. The molecular weight excluding hydrogens is 336 g/mol. The number of ether oxygens (including phenoxy) is 1. The Labute approximate surface area is 149 Å². The quantitative estimate of drug-likeness (QED) is 0.841. The highest BCUT2D eigenvalue weighted by Gasteiger charge is 2.20. The average Bonchev–Trinajstić information content (AvgIpc) is 2.53. The molecule has 0 saturated carbocycles. The van der Waals surface area contributed by atoms with E-state index in [0.717, 1.165) is 29.2 Å². The van der Waals surface area contributed by atoms with E-state index in [1.54, 1.807) is 18.7 Å². The van der Waals surface area contributed by atoms with Crippen LogP contribution < -0.4 is 4.90 Å². The smallest absolute Gasteiger partial charge is 0.164 e. The number of aromatic nitrogens is 2. The number of hydrogen-bond acceptors (Lipinski definition) is 6. The van der Waals surface area contributed by atoms with Crippen LogP contribution in [-0.2, 0) is 14.5 Å². The van der Waals surface area contributed by atoms with Gasteiger partial charge in [-0.2, -0.15) is 4.36 Å². The van der Waals surface area contributed by atoms with Crippen molar-refractivity contribution < 1.29 is 8.95 Å². The fourth-order valence-electron chi connectivity index (χ4n) is 2.90. The van der Waals surface area contributed by atoms with E-state index < -0.39 is 9.73 Å². The maximum atomic E-state index is 12.2. The lowest BCUT2D eigenvalue weighted by atomic mass is 10.1. The molecule has 6 nitrogen and oxygen atoms in total. The van der Waals surface area contributed by atoms with E-state index in [1.165, 1.54) is 0 Å². The first-order valence-corrected chi connectivity index (χ1v) is 10.6. The lowest BCUT2D eigenvalue weighted by Crippen LogP contribution is -2.43. The summed E-state index contributed by atoms with van der Waals surface area (Å²) in [7, 11) is -2.29. The molecule has 1 aliphatic rings. The van der Waals surface area contributed by atoms with Crippen molar-refractivity contribution in [1.29, 1.82) is 0 Å². The Kier molecular flexibility index (Phi) is 5.06. The van der Waals surface area contributed by atoms with Crippen LogP contribution >= 0.6 is 0 Å². The van der Waals surface area contributed by atoms with E-state index in [-0.39, 0.29) is 6.04 Å². The highest BCUT2D eigenvalue weighted by Crippen LogP contribution is 2.30. The molecule has 0 N–H and O–H groups in total. The molecule has 3 heterocycles. The van der Waals surface area contributed by atoms with Crippen LogP contribution in [-0.4, -0.2) is 52.5 Å². The molecule has 1 aliphatic heterocycles. The van der Waals surface area contributed by atoms with E-state index in [0.29, 0.717) is 19.0 Å². The van der Waals surface area contributed by atoms with Gasteiger partial charge in [-0.3, -0.25) is 4.98 Å². The van der Waals surface area contributed by atoms with Crippen molar-refractivity contribution in [2.75, 3.05) is 37.2 Å². The lowest BCUT2D eigenvalue weighted by Gasteiger charge is -2.35. The van der Waals surface area contributed by atoms with E-state index >= 15 is 0 Å². The average molecular weight is 360 g/mol. The minimum atomic E-state index is -2.29. The summed E-state index contributed by atoms with van der Waals surface area (Å²) in [5, 5.41) is 0. The maximum absolute atomic E-state index is 12.2. The predicted molar refractivity (Wildman–Crippen MR) is 102 cm³/mol. The third-order valence-electron chi connectivity index (χ3n) is 4.00. The molecular formula is C18H24N4O2S. The fraction of sp³-hybridized carbons (Fsp3) is 0.444. The van der Waals surface area contributed by atoms with Gasteiger partial charge in [-0.25, -0.2) is 9.19 Å². The fourth-order valence-corrected chi connectivity index (χ4v) is 3.45. The van der Waals surface area contributed by atoms with Crippen molar-refractivity contribution in [1.82, 2.24) is 9.97 Å². The van der Waals surface area contributed by atoms with Gasteiger partial charge in [0.2, 0.25) is 0 Å². The van der Waals surface area contributed by atoms with Crippen LogP contribution in [0.25, 0.3) is 11.3 Å². The molecule has 1 atom stereocenters. The molecule has 0 aliphatic carbocycles. The first-order valence-electron chi connectivity index (χ1n) is 8.28. The van der Waals surface area contributed by atoms with E-state index in [4.69, 9.17) is 4.74 Å². The molecule has 0 unspecified atom stereocenters. The molecule has 25 heavy (non-hydrogen) atoms. The summed E-state index contributed by atoms with van der Waals surface area (Å²) >= 11 is 0. The largest absolute Gasteiger partial charge is 0.377 e. The van der Waals surface area contributed by atoms with Crippen molar-refractivity contribution in [2.24, 2.45) is 4.36 Å². The number of pyridine rings is 2. The van der Waals surface area contributed by atoms with E-state index in [9.17, 15) is 4.21 Å². The summed E-state index contributed by atoms with van der Waals surface area (Å²) in [6, 6.07) is 8.16. The number of anilines is 1. The molecule has 1 fully saturated rings. The summed E-state index contributed by atoms with van der Waals surface area (Å²) in [6.07, 6.45) is 5.01. The van der Waals surface area contributed by atoms with Gasteiger partial charge in [0.15, 0.2) is 5.82 Å². The molecule has 1 saturated heterocycles. The van der Waals surface area contributed by atoms with E-state index in [1.807, 2.05) is 25.1 Å². The first kappa shape index (κ1) is 17.8. The zero-order chi connectivity index (χ0) is 18.0. The summed E-state index contributed by atoms with van der Waals surface area (Å²) in [5.41, 5.74) is 3.74. The van der Waals surface area contributed by atoms with Gasteiger partial charge in [-0.05, 0) is 32.0 Å². The highest BCUT2D eigenvalue weighted by molar-refractivity contribution is 7.92. The van der Waals surface area contributed by atoms with Gasteiger partial charge >= 0.3 is 0 Å². The minimum Gasteiger partial charge on any atom is -0.377 e. The number of aryl methyl sites for hydroxylation is 1. The Bertz CT molecular complexity index is 882. The number of hydrogen-bond donors (Lipinski definition) is 0. The van der Waals surface area contributed by atoms with Crippen LogP contribution in [0.3, 0.4) is 0 Å². The Morgan fingerprint density at radius 2 is 2.12 bits per heavy atom. The highest BCUT2D eigenvalue weighted by atomic mass is 32.2. The van der Waals surface area contributed by atoms with Gasteiger partial charge in [-0.1, -0.05) is 0 Å². The lowest BCUT2D eigenvalue weighted by molar-refractivity contribution is 0.0989. The molecule has 2 aromatic rings. The second kappa shape index (κ2) is 7.09. The first-order chi connectivity index (χ1) is 11.8. The van der Waals surface area contributed by atoms with Gasteiger partial charge in [0.05, 0.1) is 18.9 Å². The van der Waals surface area contributed by atoms with Crippen molar-refractivity contribution in [3.63, 3.8) is 0 Å². The van der Waals surface area contributed by atoms with Gasteiger partial charge in [0.25, 0.3) is 0 Å². The summed E-state index contributed by atoms with van der Waals surface area (Å²) in [6.45, 7) is 6.29. The van der Waals surface area contributed by atoms with Gasteiger partial charge in [-0.15, -0.1) is 0 Å². The van der Waals surface area contributed by atoms with Crippen molar-refractivity contribution >= 4 is 21.2 Å². The number of morpholine rings is 1. The van der Waals surface area contributed by atoms with E-state index in [2.05, 4.69) is 32.2 Å². The summed E-state index contributed by atoms with van der Waals surface area (Å²) in [5.74, 6) is 0.496. The molecule has 7 heteroatoms. The van der Waals surface area contributed by atoms with Crippen LogP contribution in [0.15, 0.2) is 34.8 Å². The Hall–Kier alpha value is -1.99. The van der Waals surface area contributed by atoms with Gasteiger partial charge in [0, 0.05) is 64.0 Å². The topological polar surface area (TPSA) is 67.7 Å². The molecule has 134 valence electrons. The SMILES string of the molecule is Cc1cc(-c2cc(N3CCOC[C@H]3C)cc(N=S(C)(C)=O)n2)ccn1. The Balaban J connectivity index is 2.13. The van der Waals surface area contributed by atoms with Crippen molar-refractivity contribution in [3.05, 3.63) is 36.2 Å². The van der Waals surface area contributed by atoms with Crippen LogP contribution in [0, 0.1) is 6.92 Å². The van der Waals surface area contributed by atoms with Gasteiger partial charge in [0.1, 0.15) is 0 Å². The summed E-state index contributed by atoms with van der Waals surface area (Å²) < 4.78 is 22.0. The van der Waals surface area contributed by atoms with Crippen LogP contribution in [0.2, 0.25) is 0 Å².